The second kappa shape index (κ2) is 9.27. The minimum Gasteiger partial charge on any atom is -0.362 e. The van der Waals surface area contributed by atoms with Crippen LogP contribution in [0.25, 0.3) is 33.8 Å². The van der Waals surface area contributed by atoms with Crippen molar-refractivity contribution in [1.82, 2.24) is 15.8 Å². The Morgan fingerprint density at radius 1 is 0.576 bits per heavy atom. The number of aryl methyl sites for hydroxylation is 3. The molecule has 4 rings (SSSR count). The van der Waals surface area contributed by atoms with Crippen LogP contribution in [0.4, 0.5) is 17.7 Å². The van der Waals surface area contributed by atoms with Crippen LogP contribution in [0.5, 0.6) is 0 Å². The lowest BCUT2D eigenvalue weighted by molar-refractivity contribution is -0.753. The Kier molecular flexibility index (Phi) is 6.24. The molecule has 0 amide bonds. The molecule has 12 heteroatoms. The molecule has 0 saturated heterocycles. The molecular formula is C21H30N9O3+3. The Balaban J connectivity index is 1.99. The molecule has 12 nitrogen and oxygen atoms in total. The summed E-state index contributed by atoms with van der Waals surface area (Å²) in [7, 11) is 0. The standard InChI is InChI=1S/C21H30N9O3/c1-4-7-28-16(19(22)31-25-28)13-10-14(17-20(23)32-26-29(17)8-5-2)12-15(11-13)18-21(24)33-27-30(18)9-6-3/h10-12H,4-9,22-24H2,1-3H3/q+3. The maximum atomic E-state index is 6.18. The molecule has 3 heterocycles. The van der Waals surface area contributed by atoms with E-state index in [9.17, 15) is 0 Å². The summed E-state index contributed by atoms with van der Waals surface area (Å²) < 4.78 is 21.1. The molecule has 6 N–H and O–H groups in total. The molecule has 0 aliphatic heterocycles. The summed E-state index contributed by atoms with van der Waals surface area (Å²) in [4.78, 5) is 0. The van der Waals surface area contributed by atoms with Gasteiger partial charge in [-0.25, -0.2) is 0 Å². The van der Waals surface area contributed by atoms with Crippen LogP contribution in [0, 0.1) is 0 Å². The number of rotatable bonds is 9. The van der Waals surface area contributed by atoms with E-state index in [1.807, 2.05) is 18.2 Å². The number of benzene rings is 1. The zero-order chi connectivity index (χ0) is 23.5. The van der Waals surface area contributed by atoms with E-state index in [0.29, 0.717) is 36.7 Å². The van der Waals surface area contributed by atoms with Gasteiger partial charge in [0.05, 0.1) is 16.7 Å². The lowest BCUT2D eigenvalue weighted by Crippen LogP contribution is -2.38. The summed E-state index contributed by atoms with van der Waals surface area (Å²) in [6.45, 7) is 8.10. The predicted molar refractivity (Wildman–Crippen MR) is 118 cm³/mol. The van der Waals surface area contributed by atoms with Gasteiger partial charge in [0, 0.05) is 19.3 Å². The van der Waals surface area contributed by atoms with E-state index in [2.05, 4.69) is 36.6 Å². The summed E-state index contributed by atoms with van der Waals surface area (Å²) in [6.07, 6.45) is 2.58. The second-order valence-corrected chi connectivity index (χ2v) is 7.83. The largest absolute Gasteiger partial charge is 0.362 e. The van der Waals surface area contributed by atoms with Crippen molar-refractivity contribution in [3.05, 3.63) is 18.2 Å². The van der Waals surface area contributed by atoms with Crippen LogP contribution in [0.1, 0.15) is 40.0 Å². The third-order valence-electron chi connectivity index (χ3n) is 5.25. The molecule has 0 unspecified atom stereocenters. The first-order chi connectivity index (χ1) is 16.0. The molecule has 3 aromatic heterocycles. The summed E-state index contributed by atoms with van der Waals surface area (Å²) in [5.41, 5.74) is 22.9. The van der Waals surface area contributed by atoms with Crippen LogP contribution in [0.15, 0.2) is 31.8 Å². The first-order valence-electron chi connectivity index (χ1n) is 11.1. The van der Waals surface area contributed by atoms with Gasteiger partial charge in [0.1, 0.15) is 0 Å². The van der Waals surface area contributed by atoms with Crippen LogP contribution in [0.3, 0.4) is 0 Å². The zero-order valence-corrected chi connectivity index (χ0v) is 19.1. The van der Waals surface area contributed by atoms with Gasteiger partial charge in [-0.1, -0.05) is 20.8 Å². The fraction of sp³-hybridized carbons (Fsp3) is 0.429. The van der Waals surface area contributed by atoms with Crippen molar-refractivity contribution in [1.29, 1.82) is 0 Å². The smallest absolute Gasteiger partial charge is 0.304 e. The average molecular weight is 457 g/mol. The number of nitrogens with two attached hydrogens (primary N) is 3. The number of anilines is 3. The number of nitrogens with zero attached hydrogens (tertiary/aromatic N) is 6. The lowest BCUT2D eigenvalue weighted by Gasteiger charge is -2.04. The van der Waals surface area contributed by atoms with Crippen molar-refractivity contribution in [2.75, 3.05) is 17.2 Å². The number of nitrogen functional groups attached to an aromatic ring is 3. The Morgan fingerprint density at radius 2 is 0.848 bits per heavy atom. The SMILES string of the molecule is CCC[n+]1noc(N)c1-c1cc(-c2c(N)on[n+]2CCC)cc(-c2c(N)on[n+]2CCC)c1. The molecule has 0 saturated carbocycles. The van der Waals surface area contributed by atoms with Gasteiger partial charge in [-0.15, -0.1) is 0 Å². The molecule has 4 aromatic rings. The first-order valence-corrected chi connectivity index (χ1v) is 11.1. The Morgan fingerprint density at radius 3 is 1.09 bits per heavy atom. The molecule has 0 aliphatic carbocycles. The second-order valence-electron chi connectivity index (χ2n) is 7.83. The maximum absolute atomic E-state index is 6.18. The minimum absolute atomic E-state index is 0.214. The molecule has 0 spiro atoms. The summed E-state index contributed by atoms with van der Waals surface area (Å²) in [6, 6.07) is 5.88. The van der Waals surface area contributed by atoms with Gasteiger partial charge in [-0.05, 0) is 32.2 Å². The molecule has 174 valence electrons. The quantitative estimate of drug-likeness (QED) is 0.316. The highest BCUT2D eigenvalue weighted by Gasteiger charge is 2.32. The monoisotopic (exact) mass is 456 g/mol. The normalized spacial score (nSPS) is 11.4. The molecule has 0 aliphatic rings. The van der Waals surface area contributed by atoms with Crippen molar-refractivity contribution in [3.8, 4) is 33.8 Å². The fourth-order valence-corrected chi connectivity index (χ4v) is 3.92. The van der Waals surface area contributed by atoms with Gasteiger partial charge in [0.2, 0.25) is 15.8 Å². The molecule has 33 heavy (non-hydrogen) atoms. The first kappa shape index (κ1) is 22.2. The molecule has 0 radical (unpaired) electrons. The number of hydrogen-bond acceptors (Lipinski definition) is 9. The third kappa shape index (κ3) is 4.11. The fourth-order valence-electron chi connectivity index (χ4n) is 3.92. The van der Waals surface area contributed by atoms with E-state index in [4.69, 9.17) is 30.8 Å². The summed E-state index contributed by atoms with van der Waals surface area (Å²) in [5, 5.41) is 12.3. The molecule has 0 bridgehead atoms. The maximum Gasteiger partial charge on any atom is 0.304 e. The van der Waals surface area contributed by atoms with Gasteiger partial charge in [0.25, 0.3) is 0 Å². The molecular weight excluding hydrogens is 426 g/mol. The van der Waals surface area contributed by atoms with Crippen molar-refractivity contribution < 1.29 is 27.6 Å². The van der Waals surface area contributed by atoms with E-state index in [-0.39, 0.29) is 17.7 Å². The van der Waals surface area contributed by atoms with E-state index in [1.165, 1.54) is 0 Å². The van der Waals surface area contributed by atoms with Gasteiger partial charge >= 0.3 is 34.7 Å². The molecule has 1 aromatic carbocycles. The third-order valence-corrected chi connectivity index (χ3v) is 5.25. The van der Waals surface area contributed by atoms with Crippen molar-refractivity contribution in [2.24, 2.45) is 0 Å². The molecule has 0 atom stereocenters. The number of aromatic nitrogens is 6. The summed E-state index contributed by atoms with van der Waals surface area (Å²) in [5.74, 6) is 0.642. The minimum atomic E-state index is 0.214. The highest BCUT2D eigenvalue weighted by Crippen LogP contribution is 2.35. The van der Waals surface area contributed by atoms with E-state index in [1.54, 1.807) is 14.0 Å². The Bertz CT molecular complexity index is 1090. The summed E-state index contributed by atoms with van der Waals surface area (Å²) >= 11 is 0. The van der Waals surface area contributed by atoms with Crippen LogP contribution < -0.4 is 31.2 Å². The van der Waals surface area contributed by atoms with Crippen molar-refractivity contribution >= 4 is 17.7 Å². The zero-order valence-electron chi connectivity index (χ0n) is 19.1. The van der Waals surface area contributed by atoms with E-state index in [0.717, 1.165) is 36.0 Å². The number of hydrogen-bond donors (Lipinski definition) is 3. The van der Waals surface area contributed by atoms with Gasteiger partial charge < -0.3 is 17.2 Å². The lowest BCUT2D eigenvalue weighted by atomic mass is 9.99. The van der Waals surface area contributed by atoms with E-state index < -0.39 is 0 Å². The van der Waals surface area contributed by atoms with Gasteiger partial charge in [-0.2, -0.15) is 0 Å². The van der Waals surface area contributed by atoms with Gasteiger partial charge in [0.15, 0.2) is 19.6 Å². The van der Waals surface area contributed by atoms with Crippen LogP contribution in [0.2, 0.25) is 0 Å². The van der Waals surface area contributed by atoms with Crippen LogP contribution >= 0.6 is 0 Å². The topological polar surface area (TPSA) is 168 Å². The Hall–Kier alpha value is -3.96. The Labute approximate surface area is 190 Å². The van der Waals surface area contributed by atoms with Crippen molar-refractivity contribution in [3.63, 3.8) is 0 Å². The van der Waals surface area contributed by atoms with Crippen LogP contribution in [-0.4, -0.2) is 15.8 Å². The van der Waals surface area contributed by atoms with E-state index >= 15 is 0 Å². The average Bonchev–Trinajstić information content (AvgIpc) is 3.46. The van der Waals surface area contributed by atoms with Crippen LogP contribution in [-0.2, 0) is 19.6 Å². The van der Waals surface area contributed by atoms with Crippen molar-refractivity contribution in [2.45, 2.75) is 59.7 Å². The highest BCUT2D eigenvalue weighted by molar-refractivity contribution is 5.81. The van der Waals surface area contributed by atoms with Gasteiger partial charge in [-0.3, -0.25) is 13.6 Å². The highest BCUT2D eigenvalue weighted by atomic mass is 16.5. The molecule has 0 fully saturated rings. The predicted octanol–water partition coefficient (Wildman–Crippen LogP) is 1.49.